The number of rotatable bonds is 2. The second kappa shape index (κ2) is 5.40. The monoisotopic (exact) mass is 262 g/mol. The van der Waals surface area contributed by atoms with Gasteiger partial charge in [0, 0.05) is 0 Å². The highest BCUT2D eigenvalue weighted by molar-refractivity contribution is 5.60. The zero-order valence-electron chi connectivity index (χ0n) is 9.99. The van der Waals surface area contributed by atoms with Gasteiger partial charge in [0.15, 0.2) is 12.2 Å². The third kappa shape index (κ3) is 2.49. The second-order valence-corrected chi connectivity index (χ2v) is 3.82. The van der Waals surface area contributed by atoms with Gasteiger partial charge in [0.05, 0.1) is 27.4 Å². The summed E-state index contributed by atoms with van der Waals surface area (Å²) in [5, 5.41) is 0. The van der Waals surface area contributed by atoms with E-state index in [0.29, 0.717) is 0 Å². The molecule has 2 heterocycles. The molecular formula is C10H14O8. The topological polar surface area (TPSA) is 89.5 Å². The van der Waals surface area contributed by atoms with E-state index in [1.807, 2.05) is 0 Å². The predicted molar refractivity (Wildman–Crippen MR) is 54.0 cm³/mol. The van der Waals surface area contributed by atoms with Crippen LogP contribution in [-0.4, -0.2) is 64.2 Å². The fourth-order valence-electron chi connectivity index (χ4n) is 1.97. The number of carbonyl (C=O) groups excluding carboxylic acids is 2. The molecule has 0 spiro atoms. The third-order valence-corrected chi connectivity index (χ3v) is 2.79. The Morgan fingerprint density at radius 2 is 1.28 bits per heavy atom. The number of ether oxygens (including phenoxy) is 6. The maximum atomic E-state index is 11.0. The molecule has 4 unspecified atom stereocenters. The van der Waals surface area contributed by atoms with Gasteiger partial charge in [-0.05, 0) is 0 Å². The molecule has 8 heteroatoms. The maximum absolute atomic E-state index is 11.0. The first-order chi connectivity index (χ1) is 8.65. The van der Waals surface area contributed by atoms with E-state index in [1.54, 1.807) is 0 Å². The van der Waals surface area contributed by atoms with Crippen molar-refractivity contribution in [2.24, 2.45) is 0 Å². The first kappa shape index (κ1) is 12.9. The van der Waals surface area contributed by atoms with E-state index in [1.165, 1.54) is 14.2 Å². The Kier molecular flexibility index (Phi) is 3.87. The quantitative estimate of drug-likeness (QED) is 0.647. The Labute approximate surface area is 103 Å². The van der Waals surface area contributed by atoms with Crippen molar-refractivity contribution in [3.05, 3.63) is 0 Å². The Balaban J connectivity index is 1.90. The minimum atomic E-state index is -0.801. The number of carbonyl (C=O) groups is 2. The molecular weight excluding hydrogens is 248 g/mol. The lowest BCUT2D eigenvalue weighted by atomic mass is 10.1. The third-order valence-electron chi connectivity index (χ3n) is 2.79. The van der Waals surface area contributed by atoms with Gasteiger partial charge in [-0.1, -0.05) is 0 Å². The predicted octanol–water partition coefficient (Wildman–Crippen LogP) is 0.0872. The summed E-state index contributed by atoms with van der Waals surface area (Å²) in [6, 6.07) is 0. The summed E-state index contributed by atoms with van der Waals surface area (Å²) in [5.41, 5.74) is 0. The van der Waals surface area contributed by atoms with E-state index >= 15 is 0 Å². The van der Waals surface area contributed by atoms with Crippen LogP contribution in [-0.2, 0) is 28.4 Å². The van der Waals surface area contributed by atoms with E-state index in [4.69, 9.17) is 18.9 Å². The molecule has 2 aliphatic rings. The van der Waals surface area contributed by atoms with Gasteiger partial charge in [-0.15, -0.1) is 0 Å². The van der Waals surface area contributed by atoms with Crippen molar-refractivity contribution in [2.45, 2.75) is 24.4 Å². The molecule has 0 amide bonds. The Morgan fingerprint density at radius 3 is 1.61 bits per heavy atom. The smallest absolute Gasteiger partial charge is 0.438 e. The standard InChI is InChI=1S/C10H14O8/c1-13-9(11)17-5-3-15-8-6(4-16-7(5)8)18-10(12)14-2/h5-8H,3-4H2,1-2H3. The molecule has 0 aromatic carbocycles. The fraction of sp³-hybridized carbons (Fsp3) is 0.800. The molecule has 0 aromatic heterocycles. The van der Waals surface area contributed by atoms with Crippen LogP contribution in [0.1, 0.15) is 0 Å². The molecule has 4 atom stereocenters. The molecule has 18 heavy (non-hydrogen) atoms. The number of fused-ring (bicyclic) bond motifs is 1. The van der Waals surface area contributed by atoms with Gasteiger partial charge in [-0.25, -0.2) is 9.59 Å². The number of hydrogen-bond acceptors (Lipinski definition) is 8. The summed E-state index contributed by atoms with van der Waals surface area (Å²) in [6.45, 7) is 0.344. The second-order valence-electron chi connectivity index (χ2n) is 3.82. The van der Waals surface area contributed by atoms with E-state index < -0.39 is 36.7 Å². The molecule has 102 valence electrons. The van der Waals surface area contributed by atoms with Gasteiger partial charge in [0.2, 0.25) is 0 Å². The Hall–Kier alpha value is -1.54. The minimum absolute atomic E-state index is 0.172. The first-order valence-electron chi connectivity index (χ1n) is 5.38. The molecule has 0 aromatic rings. The van der Waals surface area contributed by atoms with Crippen molar-refractivity contribution in [1.82, 2.24) is 0 Å². The van der Waals surface area contributed by atoms with Crippen molar-refractivity contribution in [2.75, 3.05) is 27.4 Å². The summed E-state index contributed by atoms with van der Waals surface area (Å²) in [7, 11) is 2.43. The van der Waals surface area contributed by atoms with Crippen LogP contribution < -0.4 is 0 Å². The fourth-order valence-corrected chi connectivity index (χ4v) is 1.97. The molecule has 0 N–H and O–H groups in total. The minimum Gasteiger partial charge on any atom is -0.438 e. The maximum Gasteiger partial charge on any atom is 0.508 e. The molecule has 8 nitrogen and oxygen atoms in total. The summed E-state index contributed by atoms with van der Waals surface area (Å²) < 4.78 is 29.5. The molecule has 0 radical (unpaired) electrons. The van der Waals surface area contributed by atoms with Gasteiger partial charge < -0.3 is 28.4 Å². The molecule has 2 rings (SSSR count). The lowest BCUT2D eigenvalue weighted by Crippen LogP contribution is -2.35. The SMILES string of the molecule is COC(=O)OC1COC2C(OC(=O)OC)COC12. The molecule has 0 bridgehead atoms. The average Bonchev–Trinajstić information content (AvgIpc) is 2.93. The molecule has 0 saturated carbocycles. The van der Waals surface area contributed by atoms with Crippen LogP contribution in [0.15, 0.2) is 0 Å². The lowest BCUT2D eigenvalue weighted by Gasteiger charge is -2.16. The molecule has 2 saturated heterocycles. The van der Waals surface area contributed by atoms with E-state index in [-0.39, 0.29) is 13.2 Å². The number of hydrogen-bond donors (Lipinski definition) is 0. The highest BCUT2D eigenvalue weighted by Gasteiger charge is 2.51. The average molecular weight is 262 g/mol. The van der Waals surface area contributed by atoms with Gasteiger partial charge in [-0.3, -0.25) is 0 Å². The highest BCUT2D eigenvalue weighted by Crippen LogP contribution is 2.30. The Bertz CT molecular complexity index is 298. The van der Waals surface area contributed by atoms with Crippen LogP contribution in [0.5, 0.6) is 0 Å². The van der Waals surface area contributed by atoms with Crippen molar-refractivity contribution in [3.8, 4) is 0 Å². The van der Waals surface area contributed by atoms with Crippen molar-refractivity contribution in [1.29, 1.82) is 0 Å². The van der Waals surface area contributed by atoms with Crippen LogP contribution in [0.25, 0.3) is 0 Å². The zero-order valence-corrected chi connectivity index (χ0v) is 9.99. The van der Waals surface area contributed by atoms with Gasteiger partial charge in [0.25, 0.3) is 0 Å². The molecule has 2 fully saturated rings. The summed E-state index contributed by atoms with van der Waals surface area (Å²) >= 11 is 0. The van der Waals surface area contributed by atoms with Crippen molar-refractivity contribution in [3.63, 3.8) is 0 Å². The Morgan fingerprint density at radius 1 is 0.889 bits per heavy atom. The normalized spacial score (nSPS) is 33.7. The van der Waals surface area contributed by atoms with E-state index in [2.05, 4.69) is 9.47 Å². The first-order valence-corrected chi connectivity index (χ1v) is 5.38. The van der Waals surface area contributed by atoms with E-state index in [0.717, 1.165) is 0 Å². The van der Waals surface area contributed by atoms with Crippen LogP contribution >= 0.6 is 0 Å². The van der Waals surface area contributed by atoms with Crippen molar-refractivity contribution >= 4 is 12.3 Å². The van der Waals surface area contributed by atoms with Gasteiger partial charge >= 0.3 is 12.3 Å². The van der Waals surface area contributed by atoms with Crippen molar-refractivity contribution < 1.29 is 38.0 Å². The van der Waals surface area contributed by atoms with Crippen LogP contribution in [0.4, 0.5) is 9.59 Å². The molecule has 2 aliphatic heterocycles. The number of methoxy groups -OCH3 is 2. The van der Waals surface area contributed by atoms with Gasteiger partial charge in [-0.2, -0.15) is 0 Å². The van der Waals surface area contributed by atoms with Gasteiger partial charge in [0.1, 0.15) is 12.2 Å². The van der Waals surface area contributed by atoms with Crippen LogP contribution in [0.2, 0.25) is 0 Å². The zero-order chi connectivity index (χ0) is 13.1. The van der Waals surface area contributed by atoms with Crippen LogP contribution in [0.3, 0.4) is 0 Å². The summed E-state index contributed by atoms with van der Waals surface area (Å²) in [4.78, 5) is 22.0. The van der Waals surface area contributed by atoms with E-state index in [9.17, 15) is 9.59 Å². The summed E-state index contributed by atoms with van der Waals surface area (Å²) in [5.74, 6) is 0. The van der Waals surface area contributed by atoms with Crippen LogP contribution in [0, 0.1) is 0 Å². The highest BCUT2D eigenvalue weighted by atomic mass is 16.8. The lowest BCUT2D eigenvalue weighted by molar-refractivity contribution is -0.0364. The molecule has 0 aliphatic carbocycles. The summed E-state index contributed by atoms with van der Waals surface area (Å²) in [6.07, 6.45) is -3.64. The largest absolute Gasteiger partial charge is 0.508 e.